The van der Waals surface area contributed by atoms with Gasteiger partial charge in [0, 0.05) is 42.7 Å². The monoisotopic (exact) mass is 340 g/mol. The average molecular weight is 340 g/mol. The number of benzene rings is 2. The fraction of sp³-hybridized carbons (Fsp3) is 0.350. The Hall–Kier alpha value is -1.78. The van der Waals surface area contributed by atoms with Crippen molar-refractivity contribution in [3.05, 3.63) is 66.2 Å². The maximum absolute atomic E-state index is 12.1. The van der Waals surface area contributed by atoms with Gasteiger partial charge in [-0.05, 0) is 24.1 Å². The zero-order valence-electron chi connectivity index (χ0n) is 13.9. The van der Waals surface area contributed by atoms with Crippen LogP contribution in [0.15, 0.2) is 65.6 Å². The molecule has 2 aromatic rings. The Balaban J connectivity index is 1.35. The second kappa shape index (κ2) is 8.90. The first kappa shape index (κ1) is 17.1. The molecule has 1 fully saturated rings. The third kappa shape index (κ3) is 5.39. The lowest BCUT2D eigenvalue weighted by molar-refractivity contribution is -0.121. The molecule has 1 atom stereocenters. The fourth-order valence-electron chi connectivity index (χ4n) is 3.01. The van der Waals surface area contributed by atoms with Gasteiger partial charge in [-0.1, -0.05) is 48.5 Å². The van der Waals surface area contributed by atoms with E-state index in [0.29, 0.717) is 12.5 Å². The summed E-state index contributed by atoms with van der Waals surface area (Å²) in [5.74, 6) is 1.00. The van der Waals surface area contributed by atoms with Crippen LogP contribution in [0.5, 0.6) is 0 Å². The molecule has 1 aliphatic heterocycles. The first-order valence-corrected chi connectivity index (χ1v) is 9.51. The molecule has 24 heavy (non-hydrogen) atoms. The van der Waals surface area contributed by atoms with Crippen molar-refractivity contribution in [1.82, 2.24) is 10.2 Å². The Morgan fingerprint density at radius 3 is 2.54 bits per heavy atom. The molecule has 0 bridgehead atoms. The Labute approximate surface area is 148 Å². The molecule has 1 heterocycles. The Morgan fingerprint density at radius 2 is 1.79 bits per heavy atom. The number of nitrogens with zero attached hydrogens (tertiary/aromatic N) is 1. The van der Waals surface area contributed by atoms with Crippen molar-refractivity contribution in [3.8, 4) is 0 Å². The molecule has 3 nitrogen and oxygen atoms in total. The van der Waals surface area contributed by atoms with E-state index in [2.05, 4.69) is 46.6 Å². The molecule has 126 valence electrons. The lowest BCUT2D eigenvalue weighted by Gasteiger charge is -2.16. The third-order valence-corrected chi connectivity index (χ3v) is 5.24. The molecule has 1 saturated heterocycles. The molecule has 0 saturated carbocycles. The number of likely N-dealkylation sites (tertiary alicyclic amines) is 1. The number of hydrogen-bond donors (Lipinski definition) is 1. The molecule has 0 spiro atoms. The largest absolute Gasteiger partial charge is 0.352 e. The van der Waals surface area contributed by atoms with E-state index in [1.165, 1.54) is 10.5 Å². The van der Waals surface area contributed by atoms with Crippen molar-refractivity contribution >= 4 is 17.7 Å². The molecule has 1 amide bonds. The van der Waals surface area contributed by atoms with Crippen LogP contribution in [0.1, 0.15) is 18.4 Å². The number of rotatable bonds is 7. The molecule has 0 aromatic heterocycles. The third-order valence-electron chi connectivity index (χ3n) is 4.23. The van der Waals surface area contributed by atoms with Crippen LogP contribution in [0, 0.1) is 0 Å². The minimum Gasteiger partial charge on any atom is -0.352 e. The normalized spacial score (nSPS) is 17.8. The molecule has 0 radical (unpaired) electrons. The van der Waals surface area contributed by atoms with Crippen LogP contribution in [-0.4, -0.2) is 35.7 Å². The maximum atomic E-state index is 12.1. The second-order valence-corrected chi connectivity index (χ2v) is 7.35. The molecular weight excluding hydrogens is 316 g/mol. The number of nitrogens with one attached hydrogen (secondary N) is 1. The Bertz CT molecular complexity index is 633. The van der Waals surface area contributed by atoms with E-state index in [9.17, 15) is 4.79 Å². The van der Waals surface area contributed by atoms with Crippen molar-refractivity contribution < 1.29 is 4.79 Å². The predicted octanol–water partition coefficient (Wildman–Crippen LogP) is 3.56. The van der Waals surface area contributed by atoms with E-state index in [1.807, 2.05) is 24.3 Å². The van der Waals surface area contributed by atoms with Gasteiger partial charge in [0.2, 0.25) is 5.91 Å². The minimum absolute atomic E-state index is 0.171. The summed E-state index contributed by atoms with van der Waals surface area (Å²) in [4.78, 5) is 15.7. The molecule has 1 N–H and O–H groups in total. The lowest BCUT2D eigenvalue weighted by atomic mass is 10.2. The van der Waals surface area contributed by atoms with Gasteiger partial charge in [-0.2, -0.15) is 0 Å². The van der Waals surface area contributed by atoms with Crippen LogP contribution in [-0.2, 0) is 11.3 Å². The van der Waals surface area contributed by atoms with Crippen LogP contribution in [0.3, 0.4) is 0 Å². The topological polar surface area (TPSA) is 32.3 Å². The van der Waals surface area contributed by atoms with Gasteiger partial charge < -0.3 is 5.32 Å². The number of thioether (sulfide) groups is 1. The quantitative estimate of drug-likeness (QED) is 0.782. The second-order valence-electron chi connectivity index (χ2n) is 6.19. The highest BCUT2D eigenvalue weighted by Crippen LogP contribution is 2.18. The molecule has 4 heteroatoms. The summed E-state index contributed by atoms with van der Waals surface area (Å²) in [6.45, 7) is 2.97. The van der Waals surface area contributed by atoms with E-state index in [-0.39, 0.29) is 5.91 Å². The minimum atomic E-state index is 0.171. The highest BCUT2D eigenvalue weighted by molar-refractivity contribution is 7.99. The van der Waals surface area contributed by atoms with Gasteiger partial charge in [0.1, 0.15) is 0 Å². The van der Waals surface area contributed by atoms with Gasteiger partial charge in [0.05, 0.1) is 0 Å². The van der Waals surface area contributed by atoms with Crippen molar-refractivity contribution in [2.75, 3.05) is 18.8 Å². The van der Waals surface area contributed by atoms with Gasteiger partial charge in [0.25, 0.3) is 0 Å². The highest BCUT2D eigenvalue weighted by Gasteiger charge is 2.23. The first-order chi connectivity index (χ1) is 11.8. The van der Waals surface area contributed by atoms with Gasteiger partial charge >= 0.3 is 0 Å². The Morgan fingerprint density at radius 1 is 1.08 bits per heavy atom. The van der Waals surface area contributed by atoms with E-state index in [0.717, 1.165) is 31.8 Å². The predicted molar refractivity (Wildman–Crippen MR) is 100 cm³/mol. The fourth-order valence-corrected chi connectivity index (χ4v) is 3.89. The molecule has 0 unspecified atom stereocenters. The zero-order valence-corrected chi connectivity index (χ0v) is 14.7. The maximum Gasteiger partial charge on any atom is 0.221 e. The summed E-state index contributed by atoms with van der Waals surface area (Å²) in [5, 5.41) is 3.19. The first-order valence-electron chi connectivity index (χ1n) is 8.53. The molecule has 0 aliphatic carbocycles. The smallest absolute Gasteiger partial charge is 0.221 e. The van der Waals surface area contributed by atoms with Gasteiger partial charge in [-0.15, -0.1) is 11.8 Å². The lowest BCUT2D eigenvalue weighted by Crippen LogP contribution is -2.37. The van der Waals surface area contributed by atoms with E-state index < -0.39 is 0 Å². The van der Waals surface area contributed by atoms with Crippen LogP contribution in [0.25, 0.3) is 0 Å². The van der Waals surface area contributed by atoms with Crippen LogP contribution in [0.4, 0.5) is 0 Å². The summed E-state index contributed by atoms with van der Waals surface area (Å²) in [6, 6.07) is 21.1. The SMILES string of the molecule is O=C(CCSc1ccccc1)N[C@@H]1CCN(Cc2ccccc2)C1. The number of carbonyl (C=O) groups excluding carboxylic acids is 1. The highest BCUT2D eigenvalue weighted by atomic mass is 32.2. The Kier molecular flexibility index (Phi) is 6.33. The van der Waals surface area contributed by atoms with E-state index in [4.69, 9.17) is 0 Å². The molecular formula is C20H24N2OS. The van der Waals surface area contributed by atoms with Gasteiger partial charge in [0.15, 0.2) is 0 Å². The molecule has 3 rings (SSSR count). The molecule has 1 aliphatic rings. The van der Waals surface area contributed by atoms with Crippen molar-refractivity contribution in [2.45, 2.75) is 30.3 Å². The number of amides is 1. The van der Waals surface area contributed by atoms with Crippen LogP contribution >= 0.6 is 11.8 Å². The zero-order chi connectivity index (χ0) is 16.6. The number of hydrogen-bond acceptors (Lipinski definition) is 3. The van der Waals surface area contributed by atoms with Gasteiger partial charge in [-0.25, -0.2) is 0 Å². The van der Waals surface area contributed by atoms with E-state index >= 15 is 0 Å². The number of carbonyl (C=O) groups is 1. The van der Waals surface area contributed by atoms with Crippen molar-refractivity contribution in [1.29, 1.82) is 0 Å². The molecule has 2 aromatic carbocycles. The average Bonchev–Trinajstić information content (AvgIpc) is 3.03. The van der Waals surface area contributed by atoms with Crippen LogP contribution < -0.4 is 5.32 Å². The summed E-state index contributed by atoms with van der Waals surface area (Å²) >= 11 is 1.74. The summed E-state index contributed by atoms with van der Waals surface area (Å²) in [6.07, 6.45) is 1.62. The van der Waals surface area contributed by atoms with Crippen LogP contribution in [0.2, 0.25) is 0 Å². The summed E-state index contributed by atoms with van der Waals surface area (Å²) < 4.78 is 0. The summed E-state index contributed by atoms with van der Waals surface area (Å²) in [7, 11) is 0. The van der Waals surface area contributed by atoms with Crippen molar-refractivity contribution in [2.24, 2.45) is 0 Å². The van der Waals surface area contributed by atoms with Gasteiger partial charge in [-0.3, -0.25) is 9.69 Å². The van der Waals surface area contributed by atoms with E-state index in [1.54, 1.807) is 11.8 Å². The van der Waals surface area contributed by atoms with Crippen molar-refractivity contribution in [3.63, 3.8) is 0 Å². The summed E-state index contributed by atoms with van der Waals surface area (Å²) in [5.41, 5.74) is 1.34. The standard InChI is InChI=1S/C20H24N2OS/c23-20(12-14-24-19-9-5-2-6-10-19)21-18-11-13-22(16-18)15-17-7-3-1-4-8-17/h1-10,18H,11-16H2,(H,21,23)/t18-/m1/s1.